The van der Waals surface area contributed by atoms with Crippen molar-refractivity contribution in [1.82, 2.24) is 25.8 Å². The molecule has 14 heteroatoms. The molecule has 0 spiro atoms. The molecular weight excluding hydrogens is 759 g/mol. The van der Waals surface area contributed by atoms with Crippen molar-refractivity contribution in [2.24, 2.45) is 5.73 Å². The number of carbonyl (C=O) groups excluding carboxylic acids is 5. The standard InChI is InChI=1S/C46H55N9O5/c47-44(48)36-8-4-7-35(9-15-36)31-49-45(59)39-29-33-10-16-37(17-11-33)50-42(57)21-23-54-25-27-55(28-26-54)24-22-43(58)51-38-18-12-34(13-19-38)30-40(46(60)53-39)52-41(56)20-14-32-5-2-1-3-6-32/h1-6,8-13,15-19,39-40H,7,14,20-31H2,(H3,47,48)(H,49,59)(H,50,57)(H,51,58)(H,52,56)(H,53,60). The largest absolute Gasteiger partial charge is 0.384 e. The van der Waals surface area contributed by atoms with Crippen LogP contribution in [0.25, 0.3) is 0 Å². The maximum atomic E-state index is 14.3. The third-order valence-electron chi connectivity index (χ3n) is 10.9. The Morgan fingerprint density at radius 2 is 1.33 bits per heavy atom. The molecule has 14 nitrogen and oxygen atoms in total. The minimum absolute atomic E-state index is 0.0559. The summed E-state index contributed by atoms with van der Waals surface area (Å²) in [6.45, 7) is 4.71. The van der Waals surface area contributed by atoms with Crippen LogP contribution in [0.1, 0.15) is 42.4 Å². The lowest BCUT2D eigenvalue weighted by Gasteiger charge is -2.34. The van der Waals surface area contributed by atoms with Gasteiger partial charge in [0.2, 0.25) is 29.5 Å². The second kappa shape index (κ2) is 21.6. The maximum absolute atomic E-state index is 14.3. The lowest BCUT2D eigenvalue weighted by atomic mass is 10.0. The van der Waals surface area contributed by atoms with Crippen molar-refractivity contribution in [3.05, 3.63) is 131 Å². The summed E-state index contributed by atoms with van der Waals surface area (Å²) in [6.07, 6.45) is 9.31. The number of hydrogen-bond donors (Lipinski definition) is 7. The van der Waals surface area contributed by atoms with Crippen molar-refractivity contribution in [2.45, 2.75) is 57.0 Å². The number of nitrogens with one attached hydrogen (secondary N) is 6. The fraction of sp³-hybridized carbons (Fsp3) is 0.348. The third-order valence-corrected chi connectivity index (χ3v) is 10.9. The van der Waals surface area contributed by atoms with E-state index in [0.717, 1.165) is 48.4 Å². The summed E-state index contributed by atoms with van der Waals surface area (Å²) in [5, 5.41) is 22.5. The quantitative estimate of drug-likeness (QED) is 0.133. The molecule has 8 N–H and O–H groups in total. The zero-order valence-corrected chi connectivity index (χ0v) is 33.9. The first-order valence-corrected chi connectivity index (χ1v) is 20.6. The van der Waals surface area contributed by atoms with Gasteiger partial charge in [0, 0.05) is 94.9 Å². The molecule has 1 saturated heterocycles. The van der Waals surface area contributed by atoms with E-state index in [2.05, 4.69) is 36.4 Å². The molecule has 314 valence electrons. The molecule has 2 atom stereocenters. The van der Waals surface area contributed by atoms with Gasteiger partial charge in [-0.3, -0.25) is 29.4 Å². The lowest BCUT2D eigenvalue weighted by Crippen LogP contribution is -2.55. The minimum Gasteiger partial charge on any atom is -0.384 e. The van der Waals surface area contributed by atoms with Gasteiger partial charge in [0.25, 0.3) is 0 Å². The number of carbonyl (C=O) groups is 5. The van der Waals surface area contributed by atoms with Crippen molar-refractivity contribution < 1.29 is 24.0 Å². The number of nitrogens with zero attached hydrogens (tertiary/aromatic N) is 2. The van der Waals surface area contributed by atoms with Crippen molar-refractivity contribution in [3.8, 4) is 0 Å². The van der Waals surface area contributed by atoms with Gasteiger partial charge in [0.1, 0.15) is 17.9 Å². The Morgan fingerprint density at radius 1 is 0.750 bits per heavy atom. The van der Waals surface area contributed by atoms with E-state index < -0.39 is 23.9 Å². The van der Waals surface area contributed by atoms with Crippen molar-refractivity contribution in [2.75, 3.05) is 56.4 Å². The Morgan fingerprint density at radius 3 is 1.92 bits per heavy atom. The summed E-state index contributed by atoms with van der Waals surface area (Å²) in [7, 11) is 0. The Kier molecular flexibility index (Phi) is 15.5. The van der Waals surface area contributed by atoms with Gasteiger partial charge in [-0.05, 0) is 59.4 Å². The zero-order valence-electron chi connectivity index (χ0n) is 33.9. The molecular formula is C46H55N9O5. The number of amides is 5. The van der Waals surface area contributed by atoms with Crippen LogP contribution in [0, 0.1) is 5.41 Å². The molecule has 60 heavy (non-hydrogen) atoms. The van der Waals surface area contributed by atoms with E-state index in [-0.39, 0.29) is 49.4 Å². The summed E-state index contributed by atoms with van der Waals surface area (Å²) in [5.74, 6) is -1.53. The van der Waals surface area contributed by atoms with E-state index in [1.54, 1.807) is 36.4 Å². The molecule has 0 aromatic heterocycles. The zero-order chi connectivity index (χ0) is 42.3. The van der Waals surface area contributed by atoms with Crippen molar-refractivity contribution in [1.29, 1.82) is 5.41 Å². The van der Waals surface area contributed by atoms with E-state index in [1.165, 1.54) is 0 Å². The molecule has 6 bridgehead atoms. The molecule has 3 aromatic carbocycles. The van der Waals surface area contributed by atoms with E-state index in [4.69, 9.17) is 11.1 Å². The highest BCUT2D eigenvalue weighted by atomic mass is 16.2. The molecule has 5 amide bonds. The van der Waals surface area contributed by atoms with Gasteiger partial charge in [0.15, 0.2) is 0 Å². The van der Waals surface area contributed by atoms with Gasteiger partial charge in [-0.25, -0.2) is 0 Å². The Balaban J connectivity index is 1.23. The Hall–Kier alpha value is -6.38. The van der Waals surface area contributed by atoms with Crippen LogP contribution in [-0.4, -0.2) is 103 Å². The highest BCUT2D eigenvalue weighted by Gasteiger charge is 2.28. The van der Waals surface area contributed by atoms with Crippen molar-refractivity contribution in [3.63, 3.8) is 0 Å². The third kappa shape index (κ3) is 13.6. The average Bonchev–Trinajstić information content (AvgIpc) is 3.51. The van der Waals surface area contributed by atoms with Crippen LogP contribution in [0.4, 0.5) is 11.4 Å². The topological polar surface area (TPSA) is 202 Å². The fourth-order valence-corrected chi connectivity index (χ4v) is 7.29. The lowest BCUT2D eigenvalue weighted by molar-refractivity contribution is -0.132. The van der Waals surface area contributed by atoms with Crippen LogP contribution >= 0.6 is 0 Å². The predicted molar refractivity (Wildman–Crippen MR) is 233 cm³/mol. The predicted octanol–water partition coefficient (Wildman–Crippen LogP) is 3.23. The summed E-state index contributed by atoms with van der Waals surface area (Å²) in [5.41, 5.74) is 10.9. The number of nitrogens with two attached hydrogens (primary N) is 1. The SMILES string of the molecule is N=C(N)C1=CC=C(CNC(=O)C2Cc3ccc(cc3)NC(=O)CCN3CCN(CCC(=O)Nc4ccc(cc4)CC(NC(=O)CCc4ccccc4)C(=O)N2)CC3)CC=C1. The number of aryl methyl sites for hydroxylation is 1. The summed E-state index contributed by atoms with van der Waals surface area (Å²) < 4.78 is 0. The first kappa shape index (κ1) is 43.2. The smallest absolute Gasteiger partial charge is 0.243 e. The first-order valence-electron chi connectivity index (χ1n) is 20.6. The highest BCUT2D eigenvalue weighted by molar-refractivity contribution is 5.97. The van der Waals surface area contributed by atoms with E-state index >= 15 is 0 Å². The monoisotopic (exact) mass is 813 g/mol. The summed E-state index contributed by atoms with van der Waals surface area (Å²) in [4.78, 5) is 72.0. The van der Waals surface area contributed by atoms with E-state index in [9.17, 15) is 24.0 Å². The number of amidine groups is 1. The molecule has 0 saturated carbocycles. The molecule has 5 aliphatic heterocycles. The number of anilines is 2. The molecule has 5 heterocycles. The maximum Gasteiger partial charge on any atom is 0.243 e. The molecule has 1 aliphatic carbocycles. The number of fused-ring (bicyclic) bond motifs is 3. The molecule has 3 aromatic rings. The summed E-state index contributed by atoms with van der Waals surface area (Å²) >= 11 is 0. The number of hydrogen-bond acceptors (Lipinski definition) is 8. The van der Waals surface area contributed by atoms with Gasteiger partial charge in [-0.1, -0.05) is 78.9 Å². The Labute approximate surface area is 351 Å². The fourth-order valence-electron chi connectivity index (χ4n) is 7.29. The highest BCUT2D eigenvalue weighted by Crippen LogP contribution is 2.16. The number of benzene rings is 3. The number of rotatable bonds is 8. The first-order chi connectivity index (χ1) is 29.1. The van der Waals surface area contributed by atoms with Crippen molar-refractivity contribution >= 4 is 46.7 Å². The van der Waals surface area contributed by atoms with E-state index in [0.29, 0.717) is 55.7 Å². The van der Waals surface area contributed by atoms with Gasteiger partial charge in [-0.2, -0.15) is 0 Å². The van der Waals surface area contributed by atoms with Crippen LogP contribution in [0.2, 0.25) is 0 Å². The number of piperazine rings is 1. The van der Waals surface area contributed by atoms with Crippen LogP contribution in [0.5, 0.6) is 0 Å². The minimum atomic E-state index is -1.02. The van der Waals surface area contributed by atoms with Gasteiger partial charge >= 0.3 is 0 Å². The van der Waals surface area contributed by atoms with Gasteiger partial charge < -0.3 is 42.1 Å². The number of allylic oxidation sites excluding steroid dienone is 3. The average molecular weight is 814 g/mol. The summed E-state index contributed by atoms with van der Waals surface area (Å²) in [6, 6.07) is 22.0. The normalized spacial score (nSPS) is 21.7. The molecule has 9 rings (SSSR count). The molecule has 1 fully saturated rings. The van der Waals surface area contributed by atoms with Crippen LogP contribution in [0.3, 0.4) is 0 Å². The van der Waals surface area contributed by atoms with Crippen LogP contribution in [-0.2, 0) is 43.2 Å². The van der Waals surface area contributed by atoms with E-state index in [1.807, 2.05) is 66.7 Å². The second-order valence-corrected chi connectivity index (χ2v) is 15.4. The second-order valence-electron chi connectivity index (χ2n) is 15.4. The molecule has 6 aliphatic rings. The molecule has 2 unspecified atom stereocenters. The van der Waals surface area contributed by atoms with Gasteiger partial charge in [0.05, 0.1) is 0 Å². The Bertz CT molecular complexity index is 2090. The van der Waals surface area contributed by atoms with Crippen LogP contribution < -0.4 is 32.3 Å². The molecule has 0 radical (unpaired) electrons. The van der Waals surface area contributed by atoms with Crippen LogP contribution in [0.15, 0.2) is 114 Å². The van der Waals surface area contributed by atoms with Gasteiger partial charge in [-0.15, -0.1) is 0 Å².